The predicted molar refractivity (Wildman–Crippen MR) is 116 cm³/mol. The van der Waals surface area contributed by atoms with E-state index in [0.717, 1.165) is 16.6 Å². The number of aryl methyl sites for hydroxylation is 2. The molecule has 156 valence electrons. The van der Waals surface area contributed by atoms with Crippen molar-refractivity contribution in [3.63, 3.8) is 0 Å². The van der Waals surface area contributed by atoms with Gasteiger partial charge in [-0.1, -0.05) is 6.07 Å². The highest BCUT2D eigenvalue weighted by molar-refractivity contribution is 5.87. The van der Waals surface area contributed by atoms with Crippen LogP contribution in [0.1, 0.15) is 32.3 Å². The Kier molecular flexibility index (Phi) is 5.44. The number of aromatic nitrogens is 3. The summed E-state index contributed by atoms with van der Waals surface area (Å²) in [5, 5.41) is 0.575. The minimum Gasteiger partial charge on any atom is -0.494 e. The molecule has 0 atom stereocenters. The third-order valence-corrected chi connectivity index (χ3v) is 5.11. The fourth-order valence-electron chi connectivity index (χ4n) is 3.79. The van der Waals surface area contributed by atoms with Gasteiger partial charge in [0.05, 0.1) is 35.2 Å². The minimum absolute atomic E-state index is 0.113. The summed E-state index contributed by atoms with van der Waals surface area (Å²) in [7, 11) is 0. The van der Waals surface area contributed by atoms with Gasteiger partial charge in [-0.05, 0) is 57.0 Å². The predicted octanol–water partition coefficient (Wildman–Crippen LogP) is 3.85. The van der Waals surface area contributed by atoms with Gasteiger partial charge < -0.3 is 14.0 Å². The van der Waals surface area contributed by atoms with Gasteiger partial charge >= 0.3 is 5.97 Å². The van der Waals surface area contributed by atoms with E-state index in [4.69, 9.17) is 14.5 Å². The lowest BCUT2D eigenvalue weighted by atomic mass is 10.2. The Balaban J connectivity index is 1.91. The third kappa shape index (κ3) is 3.51. The van der Waals surface area contributed by atoms with Crippen molar-refractivity contribution in [2.24, 2.45) is 0 Å². The maximum absolute atomic E-state index is 13.4. The van der Waals surface area contributed by atoms with E-state index in [1.807, 2.05) is 54.8 Å². The number of carbonyl (C=O) groups is 1. The van der Waals surface area contributed by atoms with E-state index >= 15 is 0 Å². The Bertz CT molecular complexity index is 1300. The number of rotatable bonds is 7. The van der Waals surface area contributed by atoms with Gasteiger partial charge in [0.15, 0.2) is 0 Å². The average molecular weight is 407 g/mol. The quantitative estimate of drug-likeness (QED) is 0.435. The molecule has 0 radical (unpaired) electrons. The summed E-state index contributed by atoms with van der Waals surface area (Å²) in [6, 6.07) is 11.4. The van der Waals surface area contributed by atoms with Crippen LogP contribution in [0.3, 0.4) is 0 Å². The lowest BCUT2D eigenvalue weighted by Crippen LogP contribution is -2.15. The third-order valence-electron chi connectivity index (χ3n) is 5.11. The standard InChI is InChI=1S/C23H25N3O4/c1-4-29-16-9-11-19-20(14-16)26-22(28)17-10-8-15(3)13-18(17)24-23(26)25(19)12-6-7-21(27)30-5-2/h8-11,13-14H,4-7,12H2,1-3H3. The molecule has 0 saturated heterocycles. The van der Waals surface area contributed by atoms with Crippen molar-refractivity contribution in [1.82, 2.24) is 14.0 Å². The van der Waals surface area contributed by atoms with Crippen LogP contribution in [0.25, 0.3) is 27.7 Å². The zero-order chi connectivity index (χ0) is 21.3. The first-order valence-corrected chi connectivity index (χ1v) is 10.3. The highest BCUT2D eigenvalue weighted by Gasteiger charge is 2.17. The molecule has 2 aromatic carbocycles. The molecule has 0 N–H and O–H groups in total. The summed E-state index contributed by atoms with van der Waals surface area (Å²) in [4.78, 5) is 29.9. The van der Waals surface area contributed by atoms with E-state index in [0.29, 0.717) is 55.0 Å². The Hall–Kier alpha value is -3.35. The number of ether oxygens (including phenoxy) is 2. The van der Waals surface area contributed by atoms with Crippen molar-refractivity contribution >= 4 is 33.7 Å². The number of hydrogen-bond donors (Lipinski definition) is 0. The Morgan fingerprint density at radius 1 is 1.07 bits per heavy atom. The zero-order valence-corrected chi connectivity index (χ0v) is 17.5. The summed E-state index contributed by atoms with van der Waals surface area (Å²) < 4.78 is 14.3. The van der Waals surface area contributed by atoms with Gasteiger partial charge in [-0.2, -0.15) is 0 Å². The fraction of sp³-hybridized carbons (Fsp3) is 0.348. The topological polar surface area (TPSA) is 74.8 Å². The molecule has 0 amide bonds. The van der Waals surface area contributed by atoms with Crippen molar-refractivity contribution in [2.45, 2.75) is 40.2 Å². The zero-order valence-electron chi connectivity index (χ0n) is 17.5. The van der Waals surface area contributed by atoms with E-state index in [2.05, 4.69) is 0 Å². The summed E-state index contributed by atoms with van der Waals surface area (Å²) in [6.07, 6.45) is 0.904. The number of fused-ring (bicyclic) bond motifs is 4. The number of imidazole rings is 1. The first kappa shape index (κ1) is 19.9. The van der Waals surface area contributed by atoms with Crippen LogP contribution < -0.4 is 10.3 Å². The average Bonchev–Trinajstić information content (AvgIpc) is 3.01. The molecule has 0 spiro atoms. The molecule has 0 fully saturated rings. The van der Waals surface area contributed by atoms with Crippen LogP contribution in [0, 0.1) is 6.92 Å². The lowest BCUT2D eigenvalue weighted by molar-refractivity contribution is -0.143. The molecule has 0 aliphatic carbocycles. The molecule has 7 nitrogen and oxygen atoms in total. The van der Waals surface area contributed by atoms with Gasteiger partial charge in [-0.15, -0.1) is 0 Å². The highest BCUT2D eigenvalue weighted by Crippen LogP contribution is 2.25. The van der Waals surface area contributed by atoms with E-state index < -0.39 is 0 Å². The molecule has 2 heterocycles. The fourth-order valence-corrected chi connectivity index (χ4v) is 3.79. The number of esters is 1. The first-order chi connectivity index (χ1) is 14.5. The number of benzene rings is 2. The highest BCUT2D eigenvalue weighted by atomic mass is 16.5. The van der Waals surface area contributed by atoms with Crippen molar-refractivity contribution in [1.29, 1.82) is 0 Å². The molecular weight excluding hydrogens is 382 g/mol. The smallest absolute Gasteiger partial charge is 0.305 e. The largest absolute Gasteiger partial charge is 0.494 e. The maximum atomic E-state index is 13.4. The normalized spacial score (nSPS) is 11.4. The molecule has 7 heteroatoms. The molecule has 0 aliphatic rings. The minimum atomic E-state index is -0.219. The van der Waals surface area contributed by atoms with E-state index in [9.17, 15) is 9.59 Å². The van der Waals surface area contributed by atoms with Crippen LogP contribution in [-0.4, -0.2) is 33.1 Å². The van der Waals surface area contributed by atoms with Crippen LogP contribution in [0.15, 0.2) is 41.2 Å². The van der Waals surface area contributed by atoms with Crippen molar-refractivity contribution in [3.05, 3.63) is 52.3 Å². The second-order valence-corrected chi connectivity index (χ2v) is 7.22. The van der Waals surface area contributed by atoms with Crippen molar-refractivity contribution in [2.75, 3.05) is 13.2 Å². The van der Waals surface area contributed by atoms with Crippen LogP contribution in [0.4, 0.5) is 0 Å². The van der Waals surface area contributed by atoms with Crippen LogP contribution in [-0.2, 0) is 16.1 Å². The molecule has 0 bridgehead atoms. The Morgan fingerprint density at radius 2 is 1.90 bits per heavy atom. The van der Waals surface area contributed by atoms with Crippen LogP contribution in [0.5, 0.6) is 5.75 Å². The summed E-state index contributed by atoms with van der Waals surface area (Å²) in [6.45, 7) is 7.15. The molecule has 30 heavy (non-hydrogen) atoms. The molecule has 2 aromatic heterocycles. The van der Waals surface area contributed by atoms with E-state index in [-0.39, 0.29) is 11.5 Å². The molecule has 0 saturated carbocycles. The second-order valence-electron chi connectivity index (χ2n) is 7.22. The molecule has 4 aromatic rings. The lowest BCUT2D eigenvalue weighted by Gasteiger charge is -2.07. The molecule has 0 unspecified atom stereocenters. The monoisotopic (exact) mass is 407 g/mol. The molecule has 4 rings (SSSR count). The molecule has 0 aliphatic heterocycles. The van der Waals surface area contributed by atoms with Gasteiger partial charge in [0.2, 0.25) is 5.78 Å². The van der Waals surface area contributed by atoms with E-state index in [1.54, 1.807) is 11.3 Å². The summed E-state index contributed by atoms with van der Waals surface area (Å²) in [5.41, 5.74) is 3.21. The van der Waals surface area contributed by atoms with Gasteiger partial charge in [0.1, 0.15) is 5.75 Å². The second kappa shape index (κ2) is 8.18. The van der Waals surface area contributed by atoms with Gasteiger partial charge in [0, 0.05) is 19.0 Å². The van der Waals surface area contributed by atoms with Gasteiger partial charge in [0.25, 0.3) is 5.56 Å². The Morgan fingerprint density at radius 3 is 2.67 bits per heavy atom. The first-order valence-electron chi connectivity index (χ1n) is 10.3. The number of hydrogen-bond acceptors (Lipinski definition) is 5. The SMILES string of the molecule is CCOC(=O)CCCn1c2ccc(OCC)cc2n2c(=O)c3ccc(C)cc3nc12. The molecular formula is C23H25N3O4. The Labute approximate surface area is 173 Å². The number of nitrogens with zero attached hydrogens (tertiary/aromatic N) is 3. The van der Waals surface area contributed by atoms with Gasteiger partial charge in [-0.25, -0.2) is 9.38 Å². The van der Waals surface area contributed by atoms with Crippen molar-refractivity contribution in [3.8, 4) is 5.75 Å². The van der Waals surface area contributed by atoms with Crippen LogP contribution in [0.2, 0.25) is 0 Å². The number of carbonyl (C=O) groups excluding carboxylic acids is 1. The van der Waals surface area contributed by atoms with Crippen molar-refractivity contribution < 1.29 is 14.3 Å². The van der Waals surface area contributed by atoms with E-state index in [1.165, 1.54) is 0 Å². The van der Waals surface area contributed by atoms with Crippen LogP contribution >= 0.6 is 0 Å². The maximum Gasteiger partial charge on any atom is 0.305 e. The summed E-state index contributed by atoms with van der Waals surface area (Å²) >= 11 is 0. The van der Waals surface area contributed by atoms with Gasteiger partial charge in [-0.3, -0.25) is 9.59 Å². The summed E-state index contributed by atoms with van der Waals surface area (Å²) in [5.74, 6) is 1.04.